The van der Waals surface area contributed by atoms with E-state index < -0.39 is 0 Å². The van der Waals surface area contributed by atoms with E-state index in [2.05, 4.69) is 4.98 Å². The van der Waals surface area contributed by atoms with Gasteiger partial charge in [-0.15, -0.1) is 0 Å². The minimum Gasteiger partial charge on any atom is -0.490 e. The van der Waals surface area contributed by atoms with Crippen molar-refractivity contribution in [2.75, 3.05) is 13.1 Å². The lowest BCUT2D eigenvalue weighted by molar-refractivity contribution is 0.0757. The third-order valence-corrected chi connectivity index (χ3v) is 5.98. The largest absolute Gasteiger partial charge is 0.490 e. The Labute approximate surface area is 162 Å². The van der Waals surface area contributed by atoms with Crippen LogP contribution in [0.3, 0.4) is 0 Å². The summed E-state index contributed by atoms with van der Waals surface area (Å²) in [6, 6.07) is 17.8. The number of pyridine rings is 1. The molecule has 0 unspecified atom stereocenters. The maximum atomic E-state index is 13.4. The predicted octanol–water partition coefficient (Wildman–Crippen LogP) is 4.30. The van der Waals surface area contributed by atoms with E-state index in [4.69, 9.17) is 4.74 Å². The lowest BCUT2D eigenvalue weighted by Crippen LogP contribution is -2.32. The van der Waals surface area contributed by atoms with Crippen molar-refractivity contribution in [1.29, 1.82) is 0 Å². The normalized spacial score (nSPS) is 23.8. The van der Waals surface area contributed by atoms with Gasteiger partial charge < -0.3 is 9.64 Å². The van der Waals surface area contributed by atoms with Gasteiger partial charge in [-0.1, -0.05) is 30.3 Å². The highest BCUT2D eigenvalue weighted by molar-refractivity contribution is 5.95. The number of carbonyl (C=O) groups is 1. The Hall–Kier alpha value is -2.95. The minimum absolute atomic E-state index is 0.0224. The summed E-state index contributed by atoms with van der Waals surface area (Å²) in [7, 11) is 0. The molecule has 5 rings (SSSR count). The third kappa shape index (κ3) is 3.11. The summed E-state index contributed by atoms with van der Waals surface area (Å²) < 4.78 is 19.5. The average Bonchev–Trinajstić information content (AvgIpc) is 3.29. The van der Waals surface area contributed by atoms with E-state index in [1.807, 2.05) is 35.2 Å². The molecule has 1 aromatic heterocycles. The zero-order valence-electron chi connectivity index (χ0n) is 15.4. The fourth-order valence-corrected chi connectivity index (χ4v) is 4.59. The van der Waals surface area contributed by atoms with Crippen molar-refractivity contribution in [3.05, 3.63) is 72.2 Å². The first kappa shape index (κ1) is 17.2. The van der Waals surface area contributed by atoms with Gasteiger partial charge in [0.05, 0.1) is 5.52 Å². The first-order chi connectivity index (χ1) is 13.7. The van der Waals surface area contributed by atoms with Crippen molar-refractivity contribution in [2.45, 2.75) is 18.9 Å². The zero-order chi connectivity index (χ0) is 19.1. The molecule has 5 heteroatoms. The number of halogens is 1. The van der Waals surface area contributed by atoms with Gasteiger partial charge in [0.25, 0.3) is 5.91 Å². The summed E-state index contributed by atoms with van der Waals surface area (Å²) in [5.74, 6) is 0.963. The number of amides is 1. The molecule has 1 amide bonds. The zero-order valence-corrected chi connectivity index (χ0v) is 15.4. The van der Waals surface area contributed by atoms with Gasteiger partial charge in [-0.05, 0) is 43.0 Å². The number of aromatic nitrogens is 1. The number of fused-ring (bicyclic) bond motifs is 2. The first-order valence-electron chi connectivity index (χ1n) is 9.75. The Balaban J connectivity index is 1.31. The Morgan fingerprint density at radius 3 is 2.82 bits per heavy atom. The standard InChI is InChI=1S/C23H21FN2O2/c24-17-5-3-6-18(12-17)28-22-11-9-16-13-26(14-19(16)22)23(27)21-10-8-15-4-1-2-7-20(15)25-21/h1-8,10,12,16,19,22H,9,11,13-14H2/t16-,19+,22-/m0/s1. The van der Waals surface area contributed by atoms with Crippen molar-refractivity contribution in [3.63, 3.8) is 0 Å². The highest BCUT2D eigenvalue weighted by Gasteiger charge is 2.45. The maximum absolute atomic E-state index is 13.4. The van der Waals surface area contributed by atoms with E-state index >= 15 is 0 Å². The Kier molecular flexibility index (Phi) is 4.23. The highest BCUT2D eigenvalue weighted by atomic mass is 19.1. The molecule has 0 N–H and O–H groups in total. The second kappa shape index (κ2) is 6.89. The second-order valence-corrected chi connectivity index (χ2v) is 7.71. The van der Waals surface area contributed by atoms with Crippen LogP contribution in [0.25, 0.3) is 10.9 Å². The number of benzene rings is 2. The molecular weight excluding hydrogens is 355 g/mol. The first-order valence-corrected chi connectivity index (χ1v) is 9.75. The Morgan fingerprint density at radius 2 is 1.93 bits per heavy atom. The van der Waals surface area contributed by atoms with Crippen molar-refractivity contribution in [1.82, 2.24) is 9.88 Å². The van der Waals surface area contributed by atoms with E-state index in [1.165, 1.54) is 12.1 Å². The molecule has 2 aromatic carbocycles. The fraction of sp³-hybridized carbons (Fsp3) is 0.304. The van der Waals surface area contributed by atoms with Crippen LogP contribution in [0.5, 0.6) is 5.75 Å². The molecule has 1 saturated carbocycles. The van der Waals surface area contributed by atoms with Gasteiger partial charge in [0, 0.05) is 30.5 Å². The molecule has 2 aliphatic rings. The molecule has 142 valence electrons. The molecule has 28 heavy (non-hydrogen) atoms. The van der Waals surface area contributed by atoms with Crippen LogP contribution in [0.2, 0.25) is 0 Å². The van der Waals surface area contributed by atoms with Gasteiger partial charge in [0.15, 0.2) is 0 Å². The molecule has 3 atom stereocenters. The SMILES string of the molecule is O=C(c1ccc2ccccc2n1)N1C[C@@H]2CC[C@H](Oc3cccc(F)c3)[C@@H]2C1. The average molecular weight is 376 g/mol. The molecule has 2 heterocycles. The van der Waals surface area contributed by atoms with Crippen LogP contribution in [0, 0.1) is 17.7 Å². The van der Waals surface area contributed by atoms with Crippen molar-refractivity contribution in [3.8, 4) is 5.75 Å². The number of carbonyl (C=O) groups excluding carboxylic acids is 1. The van der Waals surface area contributed by atoms with Crippen LogP contribution >= 0.6 is 0 Å². The van der Waals surface area contributed by atoms with Gasteiger partial charge in [0.2, 0.25) is 0 Å². The van der Waals surface area contributed by atoms with Crippen LogP contribution < -0.4 is 4.74 Å². The van der Waals surface area contributed by atoms with E-state index in [1.54, 1.807) is 18.2 Å². The lowest BCUT2D eigenvalue weighted by atomic mass is 9.99. The summed E-state index contributed by atoms with van der Waals surface area (Å²) in [4.78, 5) is 19.4. The number of hydrogen-bond donors (Lipinski definition) is 0. The van der Waals surface area contributed by atoms with Crippen LogP contribution in [0.15, 0.2) is 60.7 Å². The summed E-state index contributed by atoms with van der Waals surface area (Å²) >= 11 is 0. The van der Waals surface area contributed by atoms with Gasteiger partial charge in [-0.25, -0.2) is 9.37 Å². The third-order valence-electron chi connectivity index (χ3n) is 5.98. The summed E-state index contributed by atoms with van der Waals surface area (Å²) in [5, 5.41) is 1.03. The van der Waals surface area contributed by atoms with Crippen LogP contribution in [0.1, 0.15) is 23.3 Å². The van der Waals surface area contributed by atoms with Crippen molar-refractivity contribution < 1.29 is 13.9 Å². The van der Waals surface area contributed by atoms with E-state index in [9.17, 15) is 9.18 Å². The monoisotopic (exact) mass is 376 g/mol. The number of nitrogens with zero attached hydrogens (tertiary/aromatic N) is 2. The number of rotatable bonds is 3. The van der Waals surface area contributed by atoms with Gasteiger partial charge in [-0.2, -0.15) is 0 Å². The molecule has 1 saturated heterocycles. The summed E-state index contributed by atoms with van der Waals surface area (Å²) in [6.07, 6.45) is 2.00. The topological polar surface area (TPSA) is 42.4 Å². The van der Waals surface area contributed by atoms with Crippen molar-refractivity contribution in [2.24, 2.45) is 11.8 Å². The smallest absolute Gasteiger partial charge is 0.272 e. The second-order valence-electron chi connectivity index (χ2n) is 7.71. The quantitative estimate of drug-likeness (QED) is 0.684. The van der Waals surface area contributed by atoms with Gasteiger partial charge in [0.1, 0.15) is 23.4 Å². The number of ether oxygens (including phenoxy) is 1. The highest BCUT2D eigenvalue weighted by Crippen LogP contribution is 2.40. The molecule has 3 aromatic rings. The minimum atomic E-state index is -0.294. The van der Waals surface area contributed by atoms with Gasteiger partial charge in [-0.3, -0.25) is 4.79 Å². The molecule has 2 fully saturated rings. The van der Waals surface area contributed by atoms with Crippen molar-refractivity contribution >= 4 is 16.8 Å². The number of para-hydroxylation sites is 1. The van der Waals surface area contributed by atoms with Crippen LogP contribution in [-0.4, -0.2) is 35.0 Å². The van der Waals surface area contributed by atoms with E-state index in [-0.39, 0.29) is 23.7 Å². The van der Waals surface area contributed by atoms with E-state index in [0.717, 1.165) is 30.3 Å². The molecular formula is C23H21FN2O2. The van der Waals surface area contributed by atoms with Crippen LogP contribution in [0.4, 0.5) is 4.39 Å². The molecule has 1 aliphatic heterocycles. The number of hydrogen-bond acceptors (Lipinski definition) is 3. The molecule has 0 radical (unpaired) electrons. The Bertz CT molecular complexity index is 1040. The Morgan fingerprint density at radius 1 is 1.04 bits per heavy atom. The molecule has 0 bridgehead atoms. The van der Waals surface area contributed by atoms with E-state index in [0.29, 0.717) is 23.9 Å². The van der Waals surface area contributed by atoms with Gasteiger partial charge >= 0.3 is 0 Å². The number of likely N-dealkylation sites (tertiary alicyclic amines) is 1. The predicted molar refractivity (Wildman–Crippen MR) is 105 cm³/mol. The molecule has 4 nitrogen and oxygen atoms in total. The molecule has 0 spiro atoms. The lowest BCUT2D eigenvalue weighted by Gasteiger charge is -2.22. The summed E-state index contributed by atoms with van der Waals surface area (Å²) in [5.41, 5.74) is 1.32. The molecule has 1 aliphatic carbocycles. The fourth-order valence-electron chi connectivity index (χ4n) is 4.59. The van der Waals surface area contributed by atoms with Crippen LogP contribution in [-0.2, 0) is 0 Å². The summed E-state index contributed by atoms with van der Waals surface area (Å²) in [6.45, 7) is 1.40. The maximum Gasteiger partial charge on any atom is 0.272 e.